The lowest BCUT2D eigenvalue weighted by Crippen LogP contribution is -2.37. The quantitative estimate of drug-likeness (QED) is 0.254. The van der Waals surface area contributed by atoms with Gasteiger partial charge in [-0.25, -0.2) is 4.79 Å². The Morgan fingerprint density at radius 3 is 2.36 bits per heavy atom. The Morgan fingerprint density at radius 1 is 1.07 bits per heavy atom. The minimum Gasteiger partial charge on any atom is -0.496 e. The zero-order valence-electron chi connectivity index (χ0n) is 16.1. The van der Waals surface area contributed by atoms with Crippen molar-refractivity contribution in [2.24, 2.45) is 4.99 Å². The van der Waals surface area contributed by atoms with Gasteiger partial charge < -0.3 is 20.1 Å². The fourth-order valence-corrected chi connectivity index (χ4v) is 2.64. The summed E-state index contributed by atoms with van der Waals surface area (Å²) in [5.41, 5.74) is 2.50. The number of guanidine groups is 1. The van der Waals surface area contributed by atoms with Crippen molar-refractivity contribution in [3.63, 3.8) is 0 Å². The van der Waals surface area contributed by atoms with E-state index in [1.54, 1.807) is 19.2 Å². The van der Waals surface area contributed by atoms with Gasteiger partial charge in [-0.15, -0.1) is 24.0 Å². The van der Waals surface area contributed by atoms with Crippen LogP contribution in [-0.2, 0) is 17.7 Å². The van der Waals surface area contributed by atoms with Crippen LogP contribution in [0.3, 0.4) is 0 Å². The number of rotatable bonds is 7. The second-order valence-corrected chi connectivity index (χ2v) is 6.19. The van der Waals surface area contributed by atoms with E-state index in [9.17, 15) is 4.79 Å². The molecule has 0 saturated heterocycles. The summed E-state index contributed by atoms with van der Waals surface area (Å²) < 4.78 is 10.0. The monoisotopic (exact) mass is 517 g/mol. The van der Waals surface area contributed by atoms with Crippen LogP contribution in [0.2, 0.25) is 5.02 Å². The third kappa shape index (κ3) is 7.20. The van der Waals surface area contributed by atoms with E-state index in [1.807, 2.05) is 30.3 Å². The third-order valence-corrected chi connectivity index (χ3v) is 4.22. The molecule has 0 aliphatic carbocycles. The van der Waals surface area contributed by atoms with Gasteiger partial charge in [0, 0.05) is 25.2 Å². The van der Waals surface area contributed by atoms with E-state index < -0.39 is 5.97 Å². The van der Waals surface area contributed by atoms with Crippen LogP contribution >= 0.6 is 35.6 Å². The maximum Gasteiger partial charge on any atom is 0.341 e. The van der Waals surface area contributed by atoms with Crippen molar-refractivity contribution >= 4 is 47.5 Å². The Balaban J connectivity index is 0.00000392. The van der Waals surface area contributed by atoms with Gasteiger partial charge in [0.25, 0.3) is 0 Å². The fraction of sp³-hybridized carbons (Fsp3) is 0.300. The topological polar surface area (TPSA) is 72.0 Å². The molecule has 8 heteroatoms. The molecule has 0 fully saturated rings. The zero-order valence-corrected chi connectivity index (χ0v) is 19.2. The Kier molecular flexibility index (Phi) is 10.7. The molecule has 0 aromatic heterocycles. The SMILES string of the molecule is CN=C(NCCc1ccc(Cl)cc1)NCc1ccc(OC)c(C(=O)OC)c1.I. The fourth-order valence-electron chi connectivity index (χ4n) is 2.52. The van der Waals surface area contributed by atoms with Crippen LogP contribution in [0, 0.1) is 0 Å². The van der Waals surface area contributed by atoms with Gasteiger partial charge in [-0.3, -0.25) is 4.99 Å². The highest BCUT2D eigenvalue weighted by atomic mass is 127. The van der Waals surface area contributed by atoms with Crippen molar-refractivity contribution in [3.8, 4) is 5.75 Å². The Labute approximate surface area is 187 Å². The van der Waals surface area contributed by atoms with Crippen molar-refractivity contribution in [1.29, 1.82) is 0 Å². The molecular formula is C20H25ClIN3O3. The highest BCUT2D eigenvalue weighted by Gasteiger charge is 2.13. The predicted molar refractivity (Wildman–Crippen MR) is 123 cm³/mol. The van der Waals surface area contributed by atoms with Crippen molar-refractivity contribution in [1.82, 2.24) is 10.6 Å². The number of halogens is 2. The summed E-state index contributed by atoms with van der Waals surface area (Å²) in [5.74, 6) is 0.731. The molecule has 2 N–H and O–H groups in total. The van der Waals surface area contributed by atoms with Gasteiger partial charge in [-0.1, -0.05) is 29.8 Å². The zero-order chi connectivity index (χ0) is 19.6. The molecule has 0 radical (unpaired) electrons. The number of aliphatic imine (C=N–C) groups is 1. The van der Waals surface area contributed by atoms with Crippen LogP contribution < -0.4 is 15.4 Å². The summed E-state index contributed by atoms with van der Waals surface area (Å²) >= 11 is 5.90. The molecule has 0 aliphatic heterocycles. The summed E-state index contributed by atoms with van der Waals surface area (Å²) in [6.07, 6.45) is 0.854. The maximum absolute atomic E-state index is 11.9. The van der Waals surface area contributed by atoms with E-state index >= 15 is 0 Å². The van der Waals surface area contributed by atoms with Crippen LogP contribution in [-0.4, -0.2) is 39.7 Å². The first-order valence-corrected chi connectivity index (χ1v) is 8.89. The first kappa shape index (κ1) is 24.0. The number of hydrogen-bond donors (Lipinski definition) is 2. The number of esters is 1. The van der Waals surface area contributed by atoms with E-state index in [-0.39, 0.29) is 24.0 Å². The minimum absolute atomic E-state index is 0. The molecule has 0 saturated carbocycles. The summed E-state index contributed by atoms with van der Waals surface area (Å²) in [6, 6.07) is 13.2. The summed E-state index contributed by atoms with van der Waals surface area (Å²) in [5, 5.41) is 7.22. The minimum atomic E-state index is -0.431. The van der Waals surface area contributed by atoms with Gasteiger partial charge in [0.15, 0.2) is 5.96 Å². The summed E-state index contributed by atoms with van der Waals surface area (Å²) in [6.45, 7) is 1.24. The van der Waals surface area contributed by atoms with Gasteiger partial charge >= 0.3 is 5.97 Å². The normalized spacial score (nSPS) is 10.6. The molecule has 0 aliphatic rings. The molecule has 0 bridgehead atoms. The Morgan fingerprint density at radius 2 is 1.75 bits per heavy atom. The van der Waals surface area contributed by atoms with Crippen molar-refractivity contribution < 1.29 is 14.3 Å². The highest BCUT2D eigenvalue weighted by Crippen LogP contribution is 2.20. The van der Waals surface area contributed by atoms with Gasteiger partial charge in [0.1, 0.15) is 11.3 Å². The number of nitrogens with zero attached hydrogens (tertiary/aromatic N) is 1. The molecular weight excluding hydrogens is 493 g/mol. The number of methoxy groups -OCH3 is 2. The van der Waals surface area contributed by atoms with Crippen molar-refractivity contribution in [2.45, 2.75) is 13.0 Å². The number of carbonyl (C=O) groups excluding carboxylic acids is 1. The second-order valence-electron chi connectivity index (χ2n) is 5.76. The van der Waals surface area contributed by atoms with E-state index in [2.05, 4.69) is 15.6 Å². The highest BCUT2D eigenvalue weighted by molar-refractivity contribution is 14.0. The molecule has 152 valence electrons. The summed E-state index contributed by atoms with van der Waals surface area (Å²) in [4.78, 5) is 16.1. The van der Waals surface area contributed by atoms with Gasteiger partial charge in [0.2, 0.25) is 0 Å². The lowest BCUT2D eigenvalue weighted by Gasteiger charge is -2.13. The second kappa shape index (κ2) is 12.5. The lowest BCUT2D eigenvalue weighted by molar-refractivity contribution is 0.0597. The number of ether oxygens (including phenoxy) is 2. The van der Waals surface area contributed by atoms with E-state index in [0.717, 1.165) is 23.6 Å². The smallest absolute Gasteiger partial charge is 0.341 e. The molecule has 0 atom stereocenters. The molecule has 2 aromatic carbocycles. The number of nitrogens with one attached hydrogen (secondary N) is 2. The van der Waals surface area contributed by atoms with Gasteiger partial charge in [-0.05, 0) is 41.8 Å². The van der Waals surface area contributed by atoms with Gasteiger partial charge in [0.05, 0.1) is 14.2 Å². The van der Waals surface area contributed by atoms with Gasteiger partial charge in [-0.2, -0.15) is 0 Å². The largest absolute Gasteiger partial charge is 0.496 e. The third-order valence-electron chi connectivity index (χ3n) is 3.97. The van der Waals surface area contributed by atoms with Crippen LogP contribution in [0.4, 0.5) is 0 Å². The first-order valence-electron chi connectivity index (χ1n) is 8.51. The molecule has 0 heterocycles. The van der Waals surface area contributed by atoms with Crippen LogP contribution in [0.15, 0.2) is 47.5 Å². The predicted octanol–water partition coefficient (Wildman–Crippen LogP) is 3.66. The van der Waals surface area contributed by atoms with Crippen LogP contribution in [0.1, 0.15) is 21.5 Å². The molecule has 0 spiro atoms. The maximum atomic E-state index is 11.9. The van der Waals surface area contributed by atoms with Crippen molar-refractivity contribution in [3.05, 3.63) is 64.2 Å². The van der Waals surface area contributed by atoms with E-state index in [0.29, 0.717) is 23.8 Å². The molecule has 6 nitrogen and oxygen atoms in total. The molecule has 0 unspecified atom stereocenters. The first-order chi connectivity index (χ1) is 13.1. The molecule has 28 heavy (non-hydrogen) atoms. The average Bonchev–Trinajstić information content (AvgIpc) is 2.71. The van der Waals surface area contributed by atoms with Crippen LogP contribution in [0.5, 0.6) is 5.75 Å². The standard InChI is InChI=1S/C20H24ClN3O3.HI/c1-22-20(23-11-10-14-4-7-16(21)8-5-14)24-13-15-6-9-18(26-2)17(12-15)19(25)27-3;/h4-9,12H,10-11,13H2,1-3H3,(H2,22,23,24);1H. The molecule has 2 rings (SSSR count). The molecule has 2 aromatic rings. The number of hydrogen-bond acceptors (Lipinski definition) is 4. The number of benzene rings is 2. The average molecular weight is 518 g/mol. The molecule has 0 amide bonds. The Bertz CT molecular complexity index is 798. The summed E-state index contributed by atoms with van der Waals surface area (Å²) in [7, 11) is 4.58. The lowest BCUT2D eigenvalue weighted by atomic mass is 10.1. The van der Waals surface area contributed by atoms with E-state index in [1.165, 1.54) is 19.8 Å². The van der Waals surface area contributed by atoms with E-state index in [4.69, 9.17) is 21.1 Å². The Hall–Kier alpha value is -2.00. The number of carbonyl (C=O) groups is 1. The van der Waals surface area contributed by atoms with Crippen molar-refractivity contribution in [2.75, 3.05) is 27.8 Å². The van der Waals surface area contributed by atoms with Crippen LogP contribution in [0.25, 0.3) is 0 Å².